The second-order valence-electron chi connectivity index (χ2n) is 4.77. The molecule has 0 radical (unpaired) electrons. The summed E-state index contributed by atoms with van der Waals surface area (Å²) in [7, 11) is 0. The Balaban J connectivity index is 1.73. The minimum absolute atomic E-state index is 0.118. The Hall–Kier alpha value is -1.15. The van der Waals surface area contributed by atoms with Gasteiger partial charge in [-0.3, -0.25) is 4.79 Å². The Kier molecular flexibility index (Phi) is 4.32. The fourth-order valence-corrected chi connectivity index (χ4v) is 2.40. The number of hydrogen-bond donors (Lipinski definition) is 0. The molecule has 92 valence electrons. The standard InChI is InChI=1S/C15H20O2/c1-12(13-6-3-2-4-7-13)17-11-10-14-8-5-9-15(14)16/h2-4,6-7,12,14H,5,8-11H2,1H3. The number of carbonyl (C=O) groups excluding carboxylic acids is 1. The van der Waals surface area contributed by atoms with E-state index in [0.717, 1.165) is 25.7 Å². The zero-order valence-electron chi connectivity index (χ0n) is 10.4. The molecule has 0 N–H and O–H groups in total. The molecule has 0 saturated heterocycles. The molecular weight excluding hydrogens is 212 g/mol. The van der Waals surface area contributed by atoms with Gasteiger partial charge in [0.25, 0.3) is 0 Å². The van der Waals surface area contributed by atoms with Gasteiger partial charge in [-0.2, -0.15) is 0 Å². The van der Waals surface area contributed by atoms with Gasteiger partial charge in [-0.15, -0.1) is 0 Å². The van der Waals surface area contributed by atoms with Gasteiger partial charge in [0.05, 0.1) is 6.10 Å². The number of carbonyl (C=O) groups is 1. The summed E-state index contributed by atoms with van der Waals surface area (Å²) in [6.45, 7) is 2.75. The lowest BCUT2D eigenvalue weighted by Gasteiger charge is -2.14. The minimum Gasteiger partial charge on any atom is -0.374 e. The number of Topliss-reactive ketones (excluding diaryl/α,β-unsaturated/α-hetero) is 1. The Bertz CT molecular complexity index is 358. The zero-order valence-corrected chi connectivity index (χ0v) is 10.4. The lowest BCUT2D eigenvalue weighted by Crippen LogP contribution is -2.11. The van der Waals surface area contributed by atoms with Crippen LogP contribution in [0.2, 0.25) is 0 Å². The van der Waals surface area contributed by atoms with Crippen LogP contribution in [0.1, 0.15) is 44.3 Å². The quantitative estimate of drug-likeness (QED) is 0.776. The van der Waals surface area contributed by atoms with Crippen molar-refractivity contribution >= 4 is 5.78 Å². The van der Waals surface area contributed by atoms with Crippen LogP contribution in [0.5, 0.6) is 0 Å². The van der Waals surface area contributed by atoms with Crippen molar-refractivity contribution in [3.63, 3.8) is 0 Å². The van der Waals surface area contributed by atoms with E-state index in [4.69, 9.17) is 4.74 Å². The van der Waals surface area contributed by atoms with Gasteiger partial charge in [0.15, 0.2) is 0 Å². The fourth-order valence-electron chi connectivity index (χ4n) is 2.40. The number of ether oxygens (including phenoxy) is 1. The minimum atomic E-state index is 0.118. The summed E-state index contributed by atoms with van der Waals surface area (Å²) >= 11 is 0. The highest BCUT2D eigenvalue weighted by Crippen LogP contribution is 2.25. The van der Waals surface area contributed by atoms with E-state index in [2.05, 4.69) is 19.1 Å². The van der Waals surface area contributed by atoms with Crippen LogP contribution in [0.3, 0.4) is 0 Å². The van der Waals surface area contributed by atoms with Gasteiger partial charge in [0.1, 0.15) is 5.78 Å². The molecule has 0 heterocycles. The van der Waals surface area contributed by atoms with Gasteiger partial charge in [0, 0.05) is 18.9 Å². The summed E-state index contributed by atoms with van der Waals surface area (Å²) in [4.78, 5) is 11.5. The van der Waals surface area contributed by atoms with Gasteiger partial charge in [0.2, 0.25) is 0 Å². The third-order valence-corrected chi connectivity index (χ3v) is 3.53. The molecule has 1 saturated carbocycles. The zero-order chi connectivity index (χ0) is 12.1. The topological polar surface area (TPSA) is 26.3 Å². The molecule has 2 atom stereocenters. The molecule has 17 heavy (non-hydrogen) atoms. The van der Waals surface area contributed by atoms with Crippen LogP contribution in [-0.4, -0.2) is 12.4 Å². The first-order chi connectivity index (χ1) is 8.27. The number of ketones is 1. The van der Waals surface area contributed by atoms with Crippen molar-refractivity contribution in [2.45, 2.75) is 38.7 Å². The van der Waals surface area contributed by atoms with Crippen LogP contribution in [0.25, 0.3) is 0 Å². The number of hydrogen-bond acceptors (Lipinski definition) is 2. The Morgan fingerprint density at radius 1 is 1.35 bits per heavy atom. The predicted molar refractivity (Wildman–Crippen MR) is 67.8 cm³/mol. The van der Waals surface area contributed by atoms with E-state index in [1.807, 2.05) is 18.2 Å². The lowest BCUT2D eigenvalue weighted by molar-refractivity contribution is -0.121. The molecule has 1 fully saturated rings. The molecule has 2 rings (SSSR count). The first kappa shape index (κ1) is 12.3. The second kappa shape index (κ2) is 5.97. The molecule has 0 bridgehead atoms. The first-order valence-electron chi connectivity index (χ1n) is 6.46. The van der Waals surface area contributed by atoms with Crippen LogP contribution in [0.15, 0.2) is 30.3 Å². The summed E-state index contributed by atoms with van der Waals surface area (Å²) in [6, 6.07) is 10.2. The van der Waals surface area contributed by atoms with Crippen molar-refractivity contribution in [3.05, 3.63) is 35.9 Å². The molecule has 1 aromatic rings. The smallest absolute Gasteiger partial charge is 0.136 e. The van der Waals surface area contributed by atoms with E-state index < -0.39 is 0 Å². The monoisotopic (exact) mass is 232 g/mol. The third-order valence-electron chi connectivity index (χ3n) is 3.53. The lowest BCUT2D eigenvalue weighted by atomic mass is 10.0. The average Bonchev–Trinajstić information content (AvgIpc) is 2.76. The van der Waals surface area contributed by atoms with Crippen molar-refractivity contribution in [3.8, 4) is 0 Å². The molecule has 0 amide bonds. The van der Waals surface area contributed by atoms with Crippen molar-refractivity contribution in [2.75, 3.05) is 6.61 Å². The van der Waals surface area contributed by atoms with E-state index in [-0.39, 0.29) is 12.0 Å². The summed E-state index contributed by atoms with van der Waals surface area (Å²) in [5.74, 6) is 0.693. The van der Waals surface area contributed by atoms with Gasteiger partial charge in [-0.05, 0) is 31.7 Å². The maximum atomic E-state index is 11.5. The van der Waals surface area contributed by atoms with E-state index in [1.54, 1.807) is 0 Å². The van der Waals surface area contributed by atoms with Crippen LogP contribution in [-0.2, 0) is 9.53 Å². The van der Waals surface area contributed by atoms with Crippen molar-refractivity contribution in [2.24, 2.45) is 5.92 Å². The Labute approximate surface area is 103 Å². The highest BCUT2D eigenvalue weighted by molar-refractivity contribution is 5.82. The first-order valence-corrected chi connectivity index (χ1v) is 6.46. The molecule has 1 aliphatic carbocycles. The third kappa shape index (κ3) is 3.40. The van der Waals surface area contributed by atoms with E-state index in [0.29, 0.717) is 12.4 Å². The molecular formula is C15H20O2. The normalized spacial score (nSPS) is 21.7. The number of benzene rings is 1. The molecule has 2 heteroatoms. The molecule has 0 aromatic heterocycles. The predicted octanol–water partition coefficient (Wildman–Crippen LogP) is 3.52. The average molecular weight is 232 g/mol. The summed E-state index contributed by atoms with van der Waals surface area (Å²) in [6.07, 6.45) is 3.90. The molecule has 1 aliphatic rings. The Morgan fingerprint density at radius 2 is 2.12 bits per heavy atom. The van der Waals surface area contributed by atoms with E-state index >= 15 is 0 Å². The molecule has 0 spiro atoms. The highest BCUT2D eigenvalue weighted by atomic mass is 16.5. The SMILES string of the molecule is CC(OCCC1CCCC1=O)c1ccccc1. The van der Waals surface area contributed by atoms with Crippen LogP contribution >= 0.6 is 0 Å². The van der Waals surface area contributed by atoms with Gasteiger partial charge in [-0.25, -0.2) is 0 Å². The highest BCUT2D eigenvalue weighted by Gasteiger charge is 2.23. The van der Waals surface area contributed by atoms with Gasteiger partial charge in [-0.1, -0.05) is 30.3 Å². The summed E-state index contributed by atoms with van der Waals surface area (Å²) < 4.78 is 5.79. The van der Waals surface area contributed by atoms with Crippen LogP contribution in [0, 0.1) is 5.92 Å². The molecule has 2 unspecified atom stereocenters. The van der Waals surface area contributed by atoms with Crippen molar-refractivity contribution in [1.82, 2.24) is 0 Å². The van der Waals surface area contributed by atoms with Crippen molar-refractivity contribution < 1.29 is 9.53 Å². The van der Waals surface area contributed by atoms with Crippen LogP contribution < -0.4 is 0 Å². The van der Waals surface area contributed by atoms with Crippen LogP contribution in [0.4, 0.5) is 0 Å². The second-order valence-corrected chi connectivity index (χ2v) is 4.77. The molecule has 1 aromatic carbocycles. The fraction of sp³-hybridized carbons (Fsp3) is 0.533. The maximum Gasteiger partial charge on any atom is 0.136 e. The van der Waals surface area contributed by atoms with E-state index in [9.17, 15) is 4.79 Å². The van der Waals surface area contributed by atoms with Crippen molar-refractivity contribution in [1.29, 1.82) is 0 Å². The Morgan fingerprint density at radius 3 is 2.76 bits per heavy atom. The summed E-state index contributed by atoms with van der Waals surface area (Å²) in [5.41, 5.74) is 1.20. The summed E-state index contributed by atoms with van der Waals surface area (Å²) in [5, 5.41) is 0. The van der Waals surface area contributed by atoms with Gasteiger partial charge >= 0.3 is 0 Å². The molecule has 2 nitrogen and oxygen atoms in total. The molecule has 0 aliphatic heterocycles. The maximum absolute atomic E-state index is 11.5. The number of rotatable bonds is 5. The van der Waals surface area contributed by atoms with E-state index in [1.165, 1.54) is 5.56 Å². The van der Waals surface area contributed by atoms with Gasteiger partial charge < -0.3 is 4.74 Å². The largest absolute Gasteiger partial charge is 0.374 e.